The Labute approximate surface area is 191 Å². The van der Waals surface area contributed by atoms with E-state index in [1.54, 1.807) is 0 Å². The lowest BCUT2D eigenvalue weighted by atomic mass is 9.88. The molecule has 1 amide bonds. The third-order valence-electron chi connectivity index (χ3n) is 6.60. The molecule has 0 spiro atoms. The summed E-state index contributed by atoms with van der Waals surface area (Å²) in [6.07, 6.45) is 10.8. The van der Waals surface area contributed by atoms with Crippen LogP contribution < -0.4 is 10.6 Å². The van der Waals surface area contributed by atoms with E-state index in [4.69, 9.17) is 4.99 Å². The van der Waals surface area contributed by atoms with Gasteiger partial charge in [-0.25, -0.2) is 4.99 Å². The van der Waals surface area contributed by atoms with Gasteiger partial charge in [0.15, 0.2) is 5.96 Å². The molecule has 32 heavy (non-hydrogen) atoms. The van der Waals surface area contributed by atoms with Gasteiger partial charge < -0.3 is 15.5 Å². The van der Waals surface area contributed by atoms with Crippen LogP contribution in [0.25, 0.3) is 0 Å². The second-order valence-corrected chi connectivity index (χ2v) is 9.07. The fourth-order valence-electron chi connectivity index (χ4n) is 4.82. The zero-order chi connectivity index (χ0) is 22.3. The van der Waals surface area contributed by atoms with Crippen LogP contribution >= 0.6 is 0 Å². The van der Waals surface area contributed by atoms with Crippen LogP contribution in [0.4, 0.5) is 5.69 Å². The number of aryl methyl sites for hydroxylation is 1. The summed E-state index contributed by atoms with van der Waals surface area (Å²) in [7, 11) is 1.97. The summed E-state index contributed by atoms with van der Waals surface area (Å²) in [5.41, 5.74) is 3.27. The van der Waals surface area contributed by atoms with Crippen molar-refractivity contribution in [2.24, 2.45) is 18.0 Å². The minimum Gasteiger partial charge on any atom is -0.357 e. The molecule has 2 fully saturated rings. The lowest BCUT2D eigenvalue weighted by Gasteiger charge is -2.22. The van der Waals surface area contributed by atoms with Crippen LogP contribution in [-0.2, 0) is 18.4 Å². The Bertz CT molecular complexity index is 930. The molecule has 0 bridgehead atoms. The predicted octanol–water partition coefficient (Wildman–Crippen LogP) is 3.89. The summed E-state index contributed by atoms with van der Waals surface area (Å²) in [6, 6.07) is 8.10. The second-order valence-electron chi connectivity index (χ2n) is 9.07. The van der Waals surface area contributed by atoms with E-state index in [2.05, 4.69) is 45.9 Å². The van der Waals surface area contributed by atoms with E-state index < -0.39 is 0 Å². The fraction of sp³-hybridized carbons (Fsp3) is 0.560. The van der Waals surface area contributed by atoms with E-state index >= 15 is 0 Å². The number of rotatable bonds is 6. The number of likely N-dealkylation sites (tertiary alicyclic amines) is 1. The van der Waals surface area contributed by atoms with Gasteiger partial charge in [0.1, 0.15) is 0 Å². The Morgan fingerprint density at radius 3 is 2.81 bits per heavy atom. The zero-order valence-electron chi connectivity index (χ0n) is 19.4. The number of guanidine groups is 1. The summed E-state index contributed by atoms with van der Waals surface area (Å²) < 4.78 is 1.87. The molecule has 1 aromatic carbocycles. The summed E-state index contributed by atoms with van der Waals surface area (Å²) >= 11 is 0. The standard InChI is InChI=1S/C25H36N6O/c1-3-26-25(31-13-12-21(18-31)22-16-28-30(2)17-22)27-15-19-8-7-11-23(14-19)29-24(32)20-9-5-4-6-10-20/h7-8,11,14,16-17,20-21H,3-6,9-10,12-13,15,18H2,1-2H3,(H,26,27)(H,29,32). The van der Waals surface area contributed by atoms with Crippen molar-refractivity contribution in [3.05, 3.63) is 47.8 Å². The molecular weight excluding hydrogens is 400 g/mol. The summed E-state index contributed by atoms with van der Waals surface area (Å²) in [4.78, 5) is 19.8. The Morgan fingerprint density at radius 2 is 2.06 bits per heavy atom. The molecule has 4 rings (SSSR count). The monoisotopic (exact) mass is 436 g/mol. The van der Waals surface area contributed by atoms with Crippen LogP contribution in [-0.4, -0.2) is 46.2 Å². The normalized spacial score (nSPS) is 19.9. The van der Waals surface area contributed by atoms with Crippen molar-refractivity contribution in [3.63, 3.8) is 0 Å². The Hall–Kier alpha value is -2.83. The number of nitrogens with one attached hydrogen (secondary N) is 2. The molecule has 2 heterocycles. The molecule has 1 saturated carbocycles. The SMILES string of the molecule is CCNC(=NCc1cccc(NC(=O)C2CCCCC2)c1)N1CCC(c2cnn(C)c2)C1. The van der Waals surface area contributed by atoms with Crippen molar-refractivity contribution < 1.29 is 4.79 Å². The van der Waals surface area contributed by atoms with Gasteiger partial charge in [-0.1, -0.05) is 31.4 Å². The summed E-state index contributed by atoms with van der Waals surface area (Å²) in [5, 5.41) is 10.9. The largest absolute Gasteiger partial charge is 0.357 e. The van der Waals surface area contributed by atoms with Gasteiger partial charge in [-0.2, -0.15) is 5.10 Å². The first-order valence-electron chi connectivity index (χ1n) is 12.0. The molecule has 0 radical (unpaired) electrons. The molecule has 1 aliphatic carbocycles. The highest BCUT2D eigenvalue weighted by Gasteiger charge is 2.27. The lowest BCUT2D eigenvalue weighted by molar-refractivity contribution is -0.120. The molecule has 1 aromatic heterocycles. The van der Waals surface area contributed by atoms with E-state index in [0.29, 0.717) is 12.5 Å². The van der Waals surface area contributed by atoms with Gasteiger partial charge in [-0.05, 0) is 49.4 Å². The highest BCUT2D eigenvalue weighted by atomic mass is 16.1. The number of aliphatic imine (C=N–C) groups is 1. The Morgan fingerprint density at radius 1 is 1.22 bits per heavy atom. The molecule has 1 saturated heterocycles. The summed E-state index contributed by atoms with van der Waals surface area (Å²) in [5.74, 6) is 1.77. The van der Waals surface area contributed by atoms with Gasteiger partial charge in [0.05, 0.1) is 12.7 Å². The van der Waals surface area contributed by atoms with Crippen LogP contribution in [0.1, 0.15) is 62.5 Å². The number of amides is 1. The smallest absolute Gasteiger partial charge is 0.227 e. The molecule has 2 aromatic rings. The van der Waals surface area contributed by atoms with Gasteiger partial charge in [-0.15, -0.1) is 0 Å². The molecular formula is C25H36N6O. The average molecular weight is 437 g/mol. The van der Waals surface area contributed by atoms with Crippen molar-refractivity contribution in [1.29, 1.82) is 0 Å². The number of carbonyl (C=O) groups is 1. The molecule has 7 heteroatoms. The first kappa shape index (κ1) is 22.4. The van der Waals surface area contributed by atoms with E-state index in [-0.39, 0.29) is 11.8 Å². The van der Waals surface area contributed by atoms with E-state index in [9.17, 15) is 4.79 Å². The highest BCUT2D eigenvalue weighted by Crippen LogP contribution is 2.27. The van der Waals surface area contributed by atoms with Crippen LogP contribution in [0.15, 0.2) is 41.7 Å². The zero-order valence-corrected chi connectivity index (χ0v) is 19.4. The topological polar surface area (TPSA) is 74.6 Å². The van der Waals surface area contributed by atoms with Gasteiger partial charge in [0.2, 0.25) is 5.91 Å². The highest BCUT2D eigenvalue weighted by molar-refractivity contribution is 5.92. The number of nitrogens with zero attached hydrogens (tertiary/aromatic N) is 4. The van der Waals surface area contributed by atoms with Gasteiger partial charge in [0, 0.05) is 50.4 Å². The molecule has 2 N–H and O–H groups in total. The number of benzene rings is 1. The molecule has 2 aliphatic rings. The molecule has 172 valence electrons. The summed E-state index contributed by atoms with van der Waals surface area (Å²) in [6.45, 7) is 5.47. The van der Waals surface area contributed by atoms with Crippen LogP contribution in [0.2, 0.25) is 0 Å². The number of anilines is 1. The Kier molecular flexibility index (Phi) is 7.45. The maximum absolute atomic E-state index is 12.6. The van der Waals surface area contributed by atoms with Crippen LogP contribution in [0.3, 0.4) is 0 Å². The maximum atomic E-state index is 12.6. The fourth-order valence-corrected chi connectivity index (χ4v) is 4.82. The number of hydrogen-bond donors (Lipinski definition) is 2. The quantitative estimate of drug-likeness (QED) is 0.532. The first-order chi connectivity index (χ1) is 15.6. The molecule has 1 atom stereocenters. The second kappa shape index (κ2) is 10.7. The van der Waals surface area contributed by atoms with E-state index in [1.807, 2.05) is 30.1 Å². The predicted molar refractivity (Wildman–Crippen MR) is 129 cm³/mol. The molecule has 7 nitrogen and oxygen atoms in total. The minimum atomic E-state index is 0.161. The van der Waals surface area contributed by atoms with Gasteiger partial charge in [0.25, 0.3) is 0 Å². The van der Waals surface area contributed by atoms with Gasteiger partial charge in [-0.3, -0.25) is 9.48 Å². The van der Waals surface area contributed by atoms with Gasteiger partial charge >= 0.3 is 0 Å². The van der Waals surface area contributed by atoms with E-state index in [1.165, 1.54) is 12.0 Å². The average Bonchev–Trinajstić information content (AvgIpc) is 3.47. The van der Waals surface area contributed by atoms with Crippen molar-refractivity contribution in [2.75, 3.05) is 25.0 Å². The van der Waals surface area contributed by atoms with Crippen molar-refractivity contribution >= 4 is 17.6 Å². The maximum Gasteiger partial charge on any atom is 0.227 e. The third-order valence-corrected chi connectivity index (χ3v) is 6.60. The molecule has 1 unspecified atom stereocenters. The van der Waals surface area contributed by atoms with Crippen LogP contribution in [0.5, 0.6) is 0 Å². The molecule has 1 aliphatic heterocycles. The number of hydrogen-bond acceptors (Lipinski definition) is 3. The lowest BCUT2D eigenvalue weighted by Crippen LogP contribution is -2.40. The van der Waals surface area contributed by atoms with Crippen molar-refractivity contribution in [1.82, 2.24) is 20.0 Å². The number of aromatic nitrogens is 2. The third kappa shape index (κ3) is 5.69. The van der Waals surface area contributed by atoms with Crippen LogP contribution in [0, 0.1) is 5.92 Å². The first-order valence-corrected chi connectivity index (χ1v) is 12.0. The minimum absolute atomic E-state index is 0.161. The van der Waals surface area contributed by atoms with Crippen molar-refractivity contribution in [2.45, 2.75) is 57.9 Å². The van der Waals surface area contributed by atoms with E-state index in [0.717, 1.165) is 68.9 Å². The Balaban J connectivity index is 1.38. The number of carbonyl (C=O) groups excluding carboxylic acids is 1. The van der Waals surface area contributed by atoms with Crippen molar-refractivity contribution in [3.8, 4) is 0 Å².